The number of nitrogens with zero attached hydrogens (tertiary/aromatic N) is 8. The third-order valence-electron chi connectivity index (χ3n) is 11.9. The second kappa shape index (κ2) is 15.2. The molecule has 0 bridgehead atoms. The Morgan fingerprint density at radius 3 is 1.63 bits per heavy atom. The van der Waals surface area contributed by atoms with Crippen LogP contribution in [0.1, 0.15) is 76.5 Å². The van der Waals surface area contributed by atoms with Crippen LogP contribution in [-0.4, -0.2) is 128 Å². The third-order valence-corrected chi connectivity index (χ3v) is 15.0. The minimum absolute atomic E-state index is 0.0836. The number of ether oxygens (including phenoxy) is 6. The predicted octanol–water partition coefficient (Wildman–Crippen LogP) is 4.83. The van der Waals surface area contributed by atoms with E-state index < -0.39 is 63.7 Å². The van der Waals surface area contributed by atoms with E-state index in [1.54, 1.807) is 52.0 Å². The summed E-state index contributed by atoms with van der Waals surface area (Å²) in [5.74, 6) is 1.89. The van der Waals surface area contributed by atoms with Gasteiger partial charge in [0.1, 0.15) is 47.3 Å². The summed E-state index contributed by atoms with van der Waals surface area (Å²) in [6, 6.07) is 0. The molecule has 6 aliphatic heterocycles. The van der Waals surface area contributed by atoms with Crippen molar-refractivity contribution in [2.24, 2.45) is 0 Å². The molecule has 6 saturated heterocycles. The largest absolute Gasteiger partial charge is 0.479 e. The van der Waals surface area contributed by atoms with E-state index in [-0.39, 0.29) is 25.4 Å². The fourth-order valence-corrected chi connectivity index (χ4v) is 12.4. The van der Waals surface area contributed by atoms with E-state index in [0.717, 1.165) is 25.7 Å². The molecule has 1 saturated carbocycles. The van der Waals surface area contributed by atoms with Crippen LogP contribution < -0.4 is 9.47 Å². The fraction of sp³-hybridized carbons (Fsp3) is 0.722. The monoisotopic (exact) mass is 878 g/mol. The minimum atomic E-state index is -3.70. The topological polar surface area (TPSA) is 232 Å². The van der Waals surface area contributed by atoms with E-state index in [1.807, 2.05) is 4.57 Å². The zero-order chi connectivity index (χ0) is 41.6. The Morgan fingerprint density at radius 1 is 0.733 bits per heavy atom. The van der Waals surface area contributed by atoms with E-state index in [4.69, 9.17) is 55.6 Å². The van der Waals surface area contributed by atoms with Gasteiger partial charge in [0.2, 0.25) is 11.8 Å². The van der Waals surface area contributed by atoms with Crippen LogP contribution in [0.15, 0.2) is 12.7 Å². The molecule has 10 atom stereocenters. The zero-order valence-electron chi connectivity index (χ0n) is 34.0. The Hall–Kier alpha value is -3.24. The molecule has 60 heavy (non-hydrogen) atoms. The Kier molecular flexibility index (Phi) is 10.4. The van der Waals surface area contributed by atoms with Crippen LogP contribution in [0.2, 0.25) is 0 Å². The highest BCUT2D eigenvalue weighted by atomic mass is 31.2. The van der Waals surface area contributed by atoms with Crippen molar-refractivity contribution >= 4 is 38.0 Å². The van der Waals surface area contributed by atoms with Gasteiger partial charge in [0.15, 0.2) is 34.8 Å². The van der Waals surface area contributed by atoms with Gasteiger partial charge in [-0.25, -0.2) is 29.1 Å². The van der Waals surface area contributed by atoms with Gasteiger partial charge in [-0.3, -0.25) is 36.3 Å². The number of rotatable bonds is 8. The SMILES string of the molecule is COc1nc(C)nc2c1ncn2C1OC2COP(=O)(OC(C)C)O[C@H]2[C@]12CCO2.COc1nc(C)nc2c1ncn2C1OC2COP(=O)(OC3CCCC3)O[C@H]2[C@]12CCO2. The summed E-state index contributed by atoms with van der Waals surface area (Å²) in [4.78, 5) is 26.5. The van der Waals surface area contributed by atoms with E-state index in [1.165, 1.54) is 7.11 Å². The number of aryl methyl sites for hydroxylation is 2. The molecule has 0 aromatic carbocycles. The Bertz CT molecular complexity index is 2370. The number of hydrogen-bond acceptors (Lipinski definition) is 20. The smallest absolute Gasteiger partial charge is 0.475 e. The summed E-state index contributed by atoms with van der Waals surface area (Å²) in [5.41, 5.74) is 0.558. The first-order valence-corrected chi connectivity index (χ1v) is 23.1. The molecule has 326 valence electrons. The summed E-state index contributed by atoms with van der Waals surface area (Å²) in [6.07, 6.45) is 4.86. The average Bonchev–Trinajstić information content (AvgIpc) is 4.01. The maximum Gasteiger partial charge on any atom is 0.475 e. The molecular formula is C36H48N8O14P2. The van der Waals surface area contributed by atoms with Gasteiger partial charge in [-0.05, 0) is 40.5 Å². The standard InChI is InChI=1S/C19H25N4O7P.C17H23N4O7P/c1-11-21-16-14(17(22-11)25-2)20-10-23(16)18-19(7-8-26-19)15-13(28-18)9-27-31(24,30-15)29-12-5-3-4-6-12;1-9(2)27-29(22)25-7-11-13(28-29)17(5-6-24-17)16(26-11)21-8-18-12-14(21)19-10(3)20-15(12)23-4/h10,12-13,15,18H,3-9H2,1-2H3;8-9,11,13,16H,5-7H2,1-4H3/t13?,15-,18?,19-,31?;11?,13-,16?,17-,29?/m11/s1. The van der Waals surface area contributed by atoms with Crippen LogP contribution in [-0.2, 0) is 55.2 Å². The molecule has 7 aliphatic rings. The maximum absolute atomic E-state index is 13.3. The van der Waals surface area contributed by atoms with Crippen LogP contribution >= 0.6 is 15.6 Å². The first-order chi connectivity index (χ1) is 28.9. The first-order valence-electron chi connectivity index (χ1n) is 20.2. The summed E-state index contributed by atoms with van der Waals surface area (Å²) >= 11 is 0. The van der Waals surface area contributed by atoms with Gasteiger partial charge in [0, 0.05) is 12.8 Å². The van der Waals surface area contributed by atoms with Crippen LogP contribution in [0.4, 0.5) is 0 Å². The molecule has 11 rings (SSSR count). The molecule has 0 amide bonds. The van der Waals surface area contributed by atoms with Crippen molar-refractivity contribution in [3.63, 3.8) is 0 Å². The summed E-state index contributed by atoms with van der Waals surface area (Å²) in [5, 5.41) is 0. The van der Waals surface area contributed by atoms with Crippen LogP contribution in [0, 0.1) is 13.8 Å². The lowest BCUT2D eigenvalue weighted by Crippen LogP contribution is -2.58. The van der Waals surface area contributed by atoms with Crippen molar-refractivity contribution in [2.75, 3.05) is 40.6 Å². The Morgan fingerprint density at radius 2 is 1.20 bits per heavy atom. The van der Waals surface area contributed by atoms with E-state index >= 15 is 0 Å². The maximum atomic E-state index is 13.3. The van der Waals surface area contributed by atoms with Crippen molar-refractivity contribution < 1.29 is 64.7 Å². The van der Waals surface area contributed by atoms with Gasteiger partial charge in [0.05, 0.1) is 65.5 Å². The molecule has 10 heterocycles. The second-order valence-electron chi connectivity index (χ2n) is 16.1. The van der Waals surface area contributed by atoms with Gasteiger partial charge in [-0.1, -0.05) is 12.8 Å². The zero-order valence-corrected chi connectivity index (χ0v) is 35.8. The van der Waals surface area contributed by atoms with Crippen molar-refractivity contribution in [1.29, 1.82) is 0 Å². The molecule has 2 spiro atoms. The Labute approximate surface area is 344 Å². The van der Waals surface area contributed by atoms with Gasteiger partial charge in [0.25, 0.3) is 0 Å². The number of hydrogen-bond donors (Lipinski definition) is 0. The Balaban J connectivity index is 0.000000145. The third kappa shape index (κ3) is 6.69. The molecule has 0 N–H and O–H groups in total. The molecule has 1 aliphatic carbocycles. The van der Waals surface area contributed by atoms with Crippen LogP contribution in [0.5, 0.6) is 11.8 Å². The summed E-state index contributed by atoms with van der Waals surface area (Å²) < 4.78 is 99.2. The lowest BCUT2D eigenvalue weighted by molar-refractivity contribution is -0.224. The van der Waals surface area contributed by atoms with E-state index in [9.17, 15) is 9.13 Å². The lowest BCUT2D eigenvalue weighted by Gasteiger charge is -2.46. The van der Waals surface area contributed by atoms with Crippen molar-refractivity contribution in [3.05, 3.63) is 24.3 Å². The molecule has 22 nitrogen and oxygen atoms in total. The van der Waals surface area contributed by atoms with Gasteiger partial charge < -0.3 is 28.4 Å². The molecule has 6 unspecified atom stereocenters. The molecular weight excluding hydrogens is 830 g/mol. The first kappa shape index (κ1) is 40.8. The number of aromatic nitrogens is 8. The minimum Gasteiger partial charge on any atom is -0.479 e. The number of methoxy groups -OCH3 is 2. The summed E-state index contributed by atoms with van der Waals surface area (Å²) in [7, 11) is -4.31. The highest BCUT2D eigenvalue weighted by Gasteiger charge is 2.68. The van der Waals surface area contributed by atoms with E-state index in [0.29, 0.717) is 71.8 Å². The van der Waals surface area contributed by atoms with E-state index in [2.05, 4.69) is 29.9 Å². The van der Waals surface area contributed by atoms with Gasteiger partial charge >= 0.3 is 15.6 Å². The fourth-order valence-electron chi connectivity index (χ4n) is 9.13. The van der Waals surface area contributed by atoms with Gasteiger partial charge in [-0.15, -0.1) is 0 Å². The highest BCUT2D eigenvalue weighted by molar-refractivity contribution is 7.48. The van der Waals surface area contributed by atoms with Crippen molar-refractivity contribution in [1.82, 2.24) is 39.0 Å². The molecule has 24 heteroatoms. The quantitative estimate of drug-likeness (QED) is 0.216. The molecule has 7 fully saturated rings. The van der Waals surface area contributed by atoms with Crippen LogP contribution in [0.3, 0.4) is 0 Å². The normalized spacial score (nSPS) is 37.2. The number of phosphoric acid groups is 2. The average molecular weight is 879 g/mol. The highest BCUT2D eigenvalue weighted by Crippen LogP contribution is 2.64. The van der Waals surface area contributed by atoms with Gasteiger partial charge in [-0.2, -0.15) is 9.97 Å². The molecule has 0 radical (unpaired) electrons. The van der Waals surface area contributed by atoms with Crippen molar-refractivity contribution in [2.45, 2.75) is 127 Å². The number of imidazole rings is 2. The molecule has 4 aromatic heterocycles. The lowest BCUT2D eigenvalue weighted by atomic mass is 9.86. The number of phosphoric ester groups is 2. The summed E-state index contributed by atoms with van der Waals surface area (Å²) in [6.45, 7) is 8.42. The van der Waals surface area contributed by atoms with Crippen LogP contribution in [0.25, 0.3) is 22.3 Å². The number of fused-ring (bicyclic) bond motifs is 6. The van der Waals surface area contributed by atoms with Crippen molar-refractivity contribution in [3.8, 4) is 11.8 Å². The second-order valence-corrected chi connectivity index (χ2v) is 19.2. The predicted molar refractivity (Wildman–Crippen MR) is 204 cm³/mol. The molecule has 4 aromatic rings.